The number of hydrogen-bond acceptors (Lipinski definition) is 4. The van der Waals surface area contributed by atoms with Crippen LogP contribution in [0.5, 0.6) is 0 Å². The highest BCUT2D eigenvalue weighted by Gasteiger charge is 2.19. The van der Waals surface area contributed by atoms with Gasteiger partial charge in [-0.15, -0.1) is 0 Å². The molecule has 0 aromatic carbocycles. The molecule has 0 aromatic rings. The maximum absolute atomic E-state index is 11.7. The van der Waals surface area contributed by atoms with Crippen LogP contribution in [0.2, 0.25) is 0 Å². The fourth-order valence-electron chi connectivity index (χ4n) is 1.10. The minimum absolute atomic E-state index is 0.0517. The predicted octanol–water partition coefficient (Wildman–Crippen LogP) is 2.26. The van der Waals surface area contributed by atoms with Gasteiger partial charge in [-0.3, -0.25) is 0 Å². The van der Waals surface area contributed by atoms with Gasteiger partial charge >= 0.3 is 12.1 Å². The second-order valence-electron chi connectivity index (χ2n) is 3.19. The van der Waals surface area contributed by atoms with E-state index in [1.165, 1.54) is 23.1 Å². The van der Waals surface area contributed by atoms with Crippen LogP contribution in [0.1, 0.15) is 13.8 Å². The molecule has 0 aliphatic carbocycles. The summed E-state index contributed by atoms with van der Waals surface area (Å²) in [5.74, 6) is -0.918. The fourth-order valence-corrected chi connectivity index (χ4v) is 1.10. The highest BCUT2D eigenvalue weighted by Crippen LogP contribution is 2.05. The molecule has 5 nitrogen and oxygen atoms in total. The van der Waals surface area contributed by atoms with Crippen molar-refractivity contribution in [3.05, 3.63) is 37.1 Å². The molecule has 0 N–H and O–H groups in total. The molecule has 0 atom stereocenters. The van der Waals surface area contributed by atoms with E-state index < -0.39 is 12.1 Å². The normalized spacial score (nSPS) is 10.4. The highest BCUT2D eigenvalue weighted by molar-refractivity contribution is 5.89. The molecule has 100 valence electrons. The Bertz CT molecular complexity index is 343. The first kappa shape index (κ1) is 16.0. The Morgan fingerprint density at radius 3 is 2.28 bits per heavy atom. The van der Waals surface area contributed by atoms with Gasteiger partial charge in [-0.05, 0) is 19.9 Å². The first-order chi connectivity index (χ1) is 8.60. The van der Waals surface area contributed by atoms with Crippen molar-refractivity contribution in [1.29, 1.82) is 0 Å². The minimum Gasteiger partial charge on any atom is -0.456 e. The van der Waals surface area contributed by atoms with Gasteiger partial charge in [0.15, 0.2) is 0 Å². The number of carbonyl (C=O) groups is 2. The van der Waals surface area contributed by atoms with Crippen LogP contribution in [0, 0.1) is 0 Å². The summed E-state index contributed by atoms with van der Waals surface area (Å²) in [6.45, 7) is 11.6. The third kappa shape index (κ3) is 5.34. The summed E-state index contributed by atoms with van der Waals surface area (Å²) in [4.78, 5) is 24.7. The Labute approximate surface area is 107 Å². The molecule has 0 saturated heterocycles. The van der Waals surface area contributed by atoms with Gasteiger partial charge in [-0.2, -0.15) is 0 Å². The molecule has 0 spiro atoms. The van der Waals surface area contributed by atoms with Crippen LogP contribution in [-0.4, -0.2) is 36.7 Å². The molecule has 0 heterocycles. The molecular formula is C13H19NO4. The van der Waals surface area contributed by atoms with E-state index in [0.29, 0.717) is 13.1 Å². The van der Waals surface area contributed by atoms with Crippen molar-refractivity contribution in [2.45, 2.75) is 13.8 Å². The zero-order chi connectivity index (χ0) is 14.0. The topological polar surface area (TPSA) is 55.8 Å². The highest BCUT2D eigenvalue weighted by atomic mass is 16.6. The molecule has 0 rings (SSSR count). The summed E-state index contributed by atoms with van der Waals surface area (Å²) in [6.07, 6.45) is 3.46. The van der Waals surface area contributed by atoms with Gasteiger partial charge in [-0.25, -0.2) is 9.59 Å². The lowest BCUT2D eigenvalue weighted by Gasteiger charge is -2.18. The number of amides is 1. The molecule has 0 aliphatic rings. The van der Waals surface area contributed by atoms with Crippen molar-refractivity contribution in [2.24, 2.45) is 0 Å². The van der Waals surface area contributed by atoms with Crippen LogP contribution >= 0.6 is 0 Å². The second-order valence-corrected chi connectivity index (χ2v) is 3.19. The Morgan fingerprint density at radius 1 is 1.22 bits per heavy atom. The molecular weight excluding hydrogens is 234 g/mol. The molecule has 0 fully saturated rings. The van der Waals surface area contributed by atoms with Crippen LogP contribution < -0.4 is 0 Å². The summed E-state index contributed by atoms with van der Waals surface area (Å²) in [5.41, 5.74) is 0. The third-order valence-corrected chi connectivity index (χ3v) is 2.02. The van der Waals surface area contributed by atoms with E-state index in [1.807, 2.05) is 13.8 Å². The Balaban J connectivity index is 4.68. The number of rotatable bonds is 7. The second kappa shape index (κ2) is 9.04. The molecule has 1 amide bonds. The van der Waals surface area contributed by atoms with Gasteiger partial charge in [0, 0.05) is 13.1 Å². The minimum atomic E-state index is -0.727. The number of hydrogen-bond donors (Lipinski definition) is 0. The molecule has 0 saturated carbocycles. The maximum atomic E-state index is 11.7. The molecule has 18 heavy (non-hydrogen) atoms. The van der Waals surface area contributed by atoms with Crippen LogP contribution in [0.3, 0.4) is 0 Å². The Hall–Kier alpha value is -2.04. The SMILES string of the molecule is C=C/C=C(/OC(=O)N(CC)CC)C(=O)OCC=C. The van der Waals surface area contributed by atoms with Gasteiger partial charge < -0.3 is 14.4 Å². The van der Waals surface area contributed by atoms with Crippen LogP contribution in [0.25, 0.3) is 0 Å². The summed E-state index contributed by atoms with van der Waals surface area (Å²) in [6, 6.07) is 0. The Kier molecular flexibility index (Phi) is 8.01. The van der Waals surface area contributed by atoms with E-state index in [9.17, 15) is 9.59 Å². The molecule has 0 unspecified atom stereocenters. The fraction of sp³-hybridized carbons (Fsp3) is 0.385. The van der Waals surface area contributed by atoms with E-state index in [1.54, 1.807) is 0 Å². The number of nitrogens with zero attached hydrogens (tertiary/aromatic N) is 1. The number of ether oxygens (including phenoxy) is 2. The van der Waals surface area contributed by atoms with Gasteiger partial charge in [0.1, 0.15) is 6.61 Å². The molecule has 0 bridgehead atoms. The van der Waals surface area contributed by atoms with Crippen LogP contribution in [0.15, 0.2) is 37.1 Å². The lowest BCUT2D eigenvalue weighted by atomic mass is 10.4. The number of esters is 1. The van der Waals surface area contributed by atoms with Crippen molar-refractivity contribution in [1.82, 2.24) is 4.90 Å². The van der Waals surface area contributed by atoms with Crippen molar-refractivity contribution >= 4 is 12.1 Å². The molecule has 0 aromatic heterocycles. The summed E-state index contributed by atoms with van der Waals surface area (Å²) in [5, 5.41) is 0. The van der Waals surface area contributed by atoms with Crippen molar-refractivity contribution in [2.75, 3.05) is 19.7 Å². The van der Waals surface area contributed by atoms with Gasteiger partial charge in [-0.1, -0.05) is 25.3 Å². The third-order valence-electron chi connectivity index (χ3n) is 2.02. The van der Waals surface area contributed by atoms with E-state index in [4.69, 9.17) is 9.47 Å². The quantitative estimate of drug-likeness (QED) is 0.229. The van der Waals surface area contributed by atoms with Crippen molar-refractivity contribution < 1.29 is 19.1 Å². The van der Waals surface area contributed by atoms with E-state index >= 15 is 0 Å². The van der Waals surface area contributed by atoms with E-state index in [-0.39, 0.29) is 12.4 Å². The molecule has 0 aliphatic heterocycles. The van der Waals surface area contributed by atoms with Gasteiger partial charge in [0.25, 0.3) is 0 Å². The standard InChI is InChI=1S/C13H19NO4/c1-5-9-11(12(15)17-10-6-2)18-13(16)14(7-3)8-4/h5-6,9H,1-2,7-8,10H2,3-4H3/b11-9+. The van der Waals surface area contributed by atoms with E-state index in [0.717, 1.165) is 0 Å². The maximum Gasteiger partial charge on any atom is 0.415 e. The predicted molar refractivity (Wildman–Crippen MR) is 68.8 cm³/mol. The molecule has 5 heteroatoms. The monoisotopic (exact) mass is 253 g/mol. The lowest BCUT2D eigenvalue weighted by molar-refractivity contribution is -0.141. The summed E-state index contributed by atoms with van der Waals surface area (Å²) < 4.78 is 9.75. The number of carbonyl (C=O) groups excluding carboxylic acids is 2. The van der Waals surface area contributed by atoms with Gasteiger partial charge in [0.2, 0.25) is 5.76 Å². The molecule has 0 radical (unpaired) electrons. The average molecular weight is 253 g/mol. The lowest BCUT2D eigenvalue weighted by Crippen LogP contribution is -2.32. The number of allylic oxidation sites excluding steroid dienone is 2. The van der Waals surface area contributed by atoms with Crippen LogP contribution in [-0.2, 0) is 14.3 Å². The van der Waals surface area contributed by atoms with Gasteiger partial charge in [0.05, 0.1) is 0 Å². The zero-order valence-corrected chi connectivity index (χ0v) is 10.8. The van der Waals surface area contributed by atoms with Crippen LogP contribution in [0.4, 0.5) is 4.79 Å². The smallest absolute Gasteiger partial charge is 0.415 e. The van der Waals surface area contributed by atoms with Crippen molar-refractivity contribution in [3.63, 3.8) is 0 Å². The largest absolute Gasteiger partial charge is 0.456 e. The average Bonchev–Trinajstić information content (AvgIpc) is 2.36. The van der Waals surface area contributed by atoms with E-state index in [2.05, 4.69) is 13.2 Å². The zero-order valence-electron chi connectivity index (χ0n) is 10.8. The first-order valence-corrected chi connectivity index (χ1v) is 5.68. The first-order valence-electron chi connectivity index (χ1n) is 5.68. The summed E-state index contributed by atoms with van der Waals surface area (Å²) >= 11 is 0. The van der Waals surface area contributed by atoms with Crippen molar-refractivity contribution in [3.8, 4) is 0 Å². The summed E-state index contributed by atoms with van der Waals surface area (Å²) in [7, 11) is 0. The Morgan fingerprint density at radius 2 is 1.83 bits per heavy atom.